The molecule has 0 saturated heterocycles. The van der Waals surface area contributed by atoms with Crippen LogP contribution < -0.4 is 5.32 Å². The number of aromatic hydroxyl groups is 1. The first kappa shape index (κ1) is 13.2. The Labute approximate surface area is 122 Å². The smallest absolute Gasteiger partial charge is 0.255 e. The number of anilines is 1. The molecule has 0 aliphatic carbocycles. The minimum absolute atomic E-state index is 0.196. The summed E-state index contributed by atoms with van der Waals surface area (Å²) in [7, 11) is 0. The Morgan fingerprint density at radius 1 is 1.14 bits per heavy atom. The summed E-state index contributed by atoms with van der Waals surface area (Å²) in [6.45, 7) is 3.61. The Morgan fingerprint density at radius 2 is 1.95 bits per heavy atom. The van der Waals surface area contributed by atoms with Gasteiger partial charge in [0.2, 0.25) is 0 Å². The van der Waals surface area contributed by atoms with Crippen LogP contribution in [0.2, 0.25) is 0 Å². The van der Waals surface area contributed by atoms with Crippen molar-refractivity contribution >= 4 is 22.5 Å². The van der Waals surface area contributed by atoms with Gasteiger partial charge in [0.1, 0.15) is 5.75 Å². The van der Waals surface area contributed by atoms with Gasteiger partial charge in [0, 0.05) is 28.5 Å². The maximum Gasteiger partial charge on any atom is 0.255 e. The topological polar surface area (TPSA) is 65.1 Å². The van der Waals surface area contributed by atoms with Crippen LogP contribution in [-0.4, -0.2) is 16.0 Å². The van der Waals surface area contributed by atoms with E-state index < -0.39 is 0 Å². The Morgan fingerprint density at radius 3 is 2.76 bits per heavy atom. The van der Waals surface area contributed by atoms with E-state index in [0.717, 1.165) is 16.5 Å². The predicted molar refractivity (Wildman–Crippen MR) is 83.8 cm³/mol. The molecule has 0 bridgehead atoms. The monoisotopic (exact) mass is 280 g/mol. The molecule has 0 aliphatic heterocycles. The SMILES string of the molecule is Cc1ccc(NC(=O)c2ccc3cc[nH]c3c2)c(C)c1O. The number of aromatic nitrogens is 1. The van der Waals surface area contributed by atoms with Crippen LogP contribution in [0.3, 0.4) is 0 Å². The third-order valence-corrected chi connectivity index (χ3v) is 3.70. The molecule has 4 nitrogen and oxygen atoms in total. The number of aryl methyl sites for hydroxylation is 1. The van der Waals surface area contributed by atoms with Crippen LogP contribution in [0.4, 0.5) is 5.69 Å². The fraction of sp³-hybridized carbons (Fsp3) is 0.118. The van der Waals surface area contributed by atoms with Crippen LogP contribution in [0, 0.1) is 13.8 Å². The predicted octanol–water partition coefficient (Wildman–Crippen LogP) is 3.74. The zero-order valence-electron chi connectivity index (χ0n) is 11.9. The van der Waals surface area contributed by atoms with Gasteiger partial charge < -0.3 is 15.4 Å². The molecule has 3 rings (SSSR count). The lowest BCUT2D eigenvalue weighted by atomic mass is 10.1. The van der Waals surface area contributed by atoms with Crippen molar-refractivity contribution in [1.29, 1.82) is 0 Å². The molecule has 0 fully saturated rings. The van der Waals surface area contributed by atoms with Gasteiger partial charge in [-0.2, -0.15) is 0 Å². The number of hydrogen-bond donors (Lipinski definition) is 3. The fourth-order valence-electron chi connectivity index (χ4n) is 2.35. The summed E-state index contributed by atoms with van der Waals surface area (Å²) in [5, 5.41) is 13.8. The number of benzene rings is 2. The summed E-state index contributed by atoms with van der Waals surface area (Å²) >= 11 is 0. The van der Waals surface area contributed by atoms with E-state index in [0.29, 0.717) is 16.8 Å². The van der Waals surface area contributed by atoms with Crippen molar-refractivity contribution in [3.63, 3.8) is 0 Å². The van der Waals surface area contributed by atoms with Crippen molar-refractivity contribution in [1.82, 2.24) is 4.98 Å². The Hall–Kier alpha value is -2.75. The number of aromatic amines is 1. The second-order valence-electron chi connectivity index (χ2n) is 5.14. The van der Waals surface area contributed by atoms with Crippen molar-refractivity contribution in [3.8, 4) is 5.75 Å². The molecule has 0 radical (unpaired) electrons. The number of phenolic OH excluding ortho intramolecular Hbond substituents is 1. The summed E-state index contributed by atoms with van der Waals surface area (Å²) in [5.74, 6) is 0.0190. The van der Waals surface area contributed by atoms with Gasteiger partial charge in [0.05, 0.1) is 0 Å². The van der Waals surface area contributed by atoms with Crippen LogP contribution in [0.15, 0.2) is 42.6 Å². The average Bonchev–Trinajstić information content (AvgIpc) is 2.95. The maximum absolute atomic E-state index is 12.3. The zero-order valence-corrected chi connectivity index (χ0v) is 11.9. The van der Waals surface area contributed by atoms with Crippen molar-refractivity contribution in [3.05, 3.63) is 59.3 Å². The lowest BCUT2D eigenvalue weighted by Gasteiger charge is -2.11. The molecule has 0 spiro atoms. The molecular weight excluding hydrogens is 264 g/mol. The van der Waals surface area contributed by atoms with Gasteiger partial charge in [-0.25, -0.2) is 0 Å². The van der Waals surface area contributed by atoms with E-state index in [2.05, 4.69) is 10.3 Å². The lowest BCUT2D eigenvalue weighted by molar-refractivity contribution is 0.102. The highest BCUT2D eigenvalue weighted by atomic mass is 16.3. The van der Waals surface area contributed by atoms with Gasteiger partial charge in [-0.1, -0.05) is 12.1 Å². The number of hydrogen-bond acceptors (Lipinski definition) is 2. The zero-order chi connectivity index (χ0) is 15.0. The Balaban J connectivity index is 1.91. The number of carbonyl (C=O) groups is 1. The van der Waals surface area contributed by atoms with Gasteiger partial charge in [-0.05, 0) is 49.1 Å². The van der Waals surface area contributed by atoms with Crippen molar-refractivity contribution in [2.45, 2.75) is 13.8 Å². The molecule has 3 N–H and O–H groups in total. The third kappa shape index (κ3) is 2.36. The van der Waals surface area contributed by atoms with Crippen molar-refractivity contribution in [2.75, 3.05) is 5.32 Å². The number of rotatable bonds is 2. The van der Waals surface area contributed by atoms with Gasteiger partial charge >= 0.3 is 0 Å². The first-order chi connectivity index (χ1) is 10.1. The number of H-pyrrole nitrogens is 1. The summed E-state index contributed by atoms with van der Waals surface area (Å²) in [6.07, 6.45) is 1.84. The number of carbonyl (C=O) groups excluding carboxylic acids is 1. The summed E-state index contributed by atoms with van der Waals surface area (Å²) in [5.41, 5.74) is 3.58. The quantitative estimate of drug-likeness (QED) is 0.669. The summed E-state index contributed by atoms with van der Waals surface area (Å²) in [4.78, 5) is 15.4. The van der Waals surface area contributed by atoms with E-state index in [1.165, 1.54) is 0 Å². The van der Waals surface area contributed by atoms with Gasteiger partial charge in [0.25, 0.3) is 5.91 Å². The lowest BCUT2D eigenvalue weighted by Crippen LogP contribution is -2.12. The third-order valence-electron chi connectivity index (χ3n) is 3.70. The van der Waals surface area contributed by atoms with E-state index in [9.17, 15) is 9.90 Å². The molecule has 1 amide bonds. The normalized spacial score (nSPS) is 10.8. The molecule has 4 heteroatoms. The fourth-order valence-corrected chi connectivity index (χ4v) is 2.35. The summed E-state index contributed by atoms with van der Waals surface area (Å²) < 4.78 is 0. The largest absolute Gasteiger partial charge is 0.507 e. The number of amides is 1. The highest BCUT2D eigenvalue weighted by molar-refractivity contribution is 6.06. The van der Waals surface area contributed by atoms with Gasteiger partial charge in [-0.3, -0.25) is 4.79 Å². The second kappa shape index (κ2) is 4.98. The van der Waals surface area contributed by atoms with Gasteiger partial charge in [0.15, 0.2) is 0 Å². The molecule has 0 aliphatic rings. The standard InChI is InChI=1S/C17H16N2O2/c1-10-3-6-14(11(2)16(10)20)19-17(21)13-5-4-12-7-8-18-15(12)9-13/h3-9,18,20H,1-2H3,(H,19,21). The van der Waals surface area contributed by atoms with Crippen LogP contribution in [-0.2, 0) is 0 Å². The van der Waals surface area contributed by atoms with E-state index in [-0.39, 0.29) is 11.7 Å². The molecule has 0 saturated carbocycles. The maximum atomic E-state index is 12.3. The van der Waals surface area contributed by atoms with Crippen LogP contribution in [0.1, 0.15) is 21.5 Å². The highest BCUT2D eigenvalue weighted by Gasteiger charge is 2.11. The van der Waals surface area contributed by atoms with Crippen molar-refractivity contribution < 1.29 is 9.90 Å². The van der Waals surface area contributed by atoms with E-state index >= 15 is 0 Å². The first-order valence-electron chi connectivity index (χ1n) is 6.74. The molecule has 0 atom stereocenters. The number of phenols is 1. The molecular formula is C17H16N2O2. The van der Waals surface area contributed by atoms with Crippen LogP contribution in [0.5, 0.6) is 5.75 Å². The molecule has 3 aromatic rings. The van der Waals surface area contributed by atoms with E-state index in [1.807, 2.05) is 31.3 Å². The van der Waals surface area contributed by atoms with Crippen LogP contribution in [0.25, 0.3) is 10.9 Å². The van der Waals surface area contributed by atoms with E-state index in [1.54, 1.807) is 25.1 Å². The molecule has 0 unspecified atom stereocenters. The van der Waals surface area contributed by atoms with E-state index in [4.69, 9.17) is 0 Å². The second-order valence-corrected chi connectivity index (χ2v) is 5.14. The molecule has 106 valence electrons. The first-order valence-corrected chi connectivity index (χ1v) is 6.74. The molecule has 2 aromatic carbocycles. The number of nitrogens with one attached hydrogen (secondary N) is 2. The molecule has 1 heterocycles. The Bertz CT molecular complexity index is 834. The molecule has 21 heavy (non-hydrogen) atoms. The molecule has 1 aromatic heterocycles. The summed E-state index contributed by atoms with van der Waals surface area (Å²) in [6, 6.07) is 11.0. The van der Waals surface area contributed by atoms with Crippen molar-refractivity contribution in [2.24, 2.45) is 0 Å². The number of fused-ring (bicyclic) bond motifs is 1. The van der Waals surface area contributed by atoms with Gasteiger partial charge in [-0.15, -0.1) is 0 Å². The Kier molecular flexibility index (Phi) is 3.14. The highest BCUT2D eigenvalue weighted by Crippen LogP contribution is 2.28. The minimum Gasteiger partial charge on any atom is -0.507 e. The minimum atomic E-state index is -0.196. The average molecular weight is 280 g/mol. The van der Waals surface area contributed by atoms with Crippen LogP contribution >= 0.6 is 0 Å².